The van der Waals surface area contributed by atoms with Crippen molar-refractivity contribution in [3.63, 3.8) is 0 Å². The number of hydrogen-bond acceptors (Lipinski definition) is 3. The zero-order valence-corrected chi connectivity index (χ0v) is 6.11. The van der Waals surface area contributed by atoms with Crippen LogP contribution in [0.25, 0.3) is 0 Å². The van der Waals surface area contributed by atoms with Gasteiger partial charge in [-0.2, -0.15) is 0 Å². The van der Waals surface area contributed by atoms with E-state index in [1.165, 1.54) is 12.1 Å². The smallest absolute Gasteiger partial charge is 0.354 e. The van der Waals surface area contributed by atoms with Crippen LogP contribution >= 0.6 is 0 Å². The summed E-state index contributed by atoms with van der Waals surface area (Å²) in [6, 6.07) is 5.85. The Bertz CT molecular complexity index is 333. The van der Waals surface area contributed by atoms with Crippen LogP contribution in [0.5, 0.6) is 5.75 Å². The molecule has 4 heteroatoms. The number of carbonyl (C=O) groups is 1. The van der Waals surface area contributed by atoms with Gasteiger partial charge in [-0.3, -0.25) is 5.41 Å². The second-order valence-corrected chi connectivity index (χ2v) is 2.20. The van der Waals surface area contributed by atoms with Gasteiger partial charge >= 0.3 is 5.97 Å². The van der Waals surface area contributed by atoms with Gasteiger partial charge in [0.25, 0.3) is 0 Å². The Morgan fingerprint density at radius 2 is 1.92 bits per heavy atom. The topological polar surface area (TPSA) is 81.4 Å². The van der Waals surface area contributed by atoms with Crippen LogP contribution in [-0.4, -0.2) is 21.9 Å². The number of rotatable bonds is 2. The molecule has 0 fully saturated rings. The van der Waals surface area contributed by atoms with E-state index in [0.29, 0.717) is 0 Å². The van der Waals surface area contributed by atoms with Gasteiger partial charge in [0, 0.05) is 5.56 Å². The Morgan fingerprint density at radius 1 is 1.33 bits per heavy atom. The first-order valence-corrected chi connectivity index (χ1v) is 3.23. The van der Waals surface area contributed by atoms with Gasteiger partial charge < -0.3 is 10.2 Å². The van der Waals surface area contributed by atoms with Crippen molar-refractivity contribution < 1.29 is 15.0 Å². The summed E-state index contributed by atoms with van der Waals surface area (Å²) in [5.41, 5.74) is -0.571. The van der Waals surface area contributed by atoms with Crippen molar-refractivity contribution in [1.82, 2.24) is 0 Å². The van der Waals surface area contributed by atoms with E-state index < -0.39 is 11.7 Å². The van der Waals surface area contributed by atoms with Gasteiger partial charge in [-0.05, 0) is 12.1 Å². The maximum absolute atomic E-state index is 10.3. The number of nitrogens with one attached hydrogen (secondary N) is 1. The highest BCUT2D eigenvalue weighted by atomic mass is 16.4. The fraction of sp³-hybridized carbons (Fsp3) is 0. The lowest BCUT2D eigenvalue weighted by molar-refractivity contribution is -0.129. The molecule has 0 aromatic heterocycles. The minimum absolute atomic E-state index is 0.0324. The third-order valence-corrected chi connectivity index (χ3v) is 1.39. The van der Waals surface area contributed by atoms with Gasteiger partial charge in [-0.1, -0.05) is 12.1 Å². The molecule has 1 aromatic carbocycles. The van der Waals surface area contributed by atoms with Crippen molar-refractivity contribution in [2.45, 2.75) is 0 Å². The molecule has 0 radical (unpaired) electrons. The lowest BCUT2D eigenvalue weighted by atomic mass is 10.1. The van der Waals surface area contributed by atoms with Crippen molar-refractivity contribution in [1.29, 1.82) is 5.41 Å². The molecule has 0 unspecified atom stereocenters. The van der Waals surface area contributed by atoms with Gasteiger partial charge in [0.2, 0.25) is 0 Å². The number of para-hydroxylation sites is 1. The Balaban J connectivity index is 3.11. The highest BCUT2D eigenvalue weighted by Gasteiger charge is 2.12. The normalized spacial score (nSPS) is 9.33. The summed E-state index contributed by atoms with van der Waals surface area (Å²) in [6.45, 7) is 0. The van der Waals surface area contributed by atoms with Gasteiger partial charge in [-0.15, -0.1) is 0 Å². The largest absolute Gasteiger partial charge is 0.507 e. The lowest BCUT2D eigenvalue weighted by Gasteiger charge is -2.00. The van der Waals surface area contributed by atoms with Crippen molar-refractivity contribution >= 4 is 11.7 Å². The van der Waals surface area contributed by atoms with E-state index in [0.717, 1.165) is 0 Å². The highest BCUT2D eigenvalue weighted by molar-refractivity contribution is 6.41. The van der Waals surface area contributed by atoms with Gasteiger partial charge in [-0.25, -0.2) is 4.79 Å². The number of phenolic OH excluding ortho intramolecular Hbond substituents is 1. The van der Waals surface area contributed by atoms with Crippen LogP contribution in [0, 0.1) is 5.41 Å². The van der Waals surface area contributed by atoms with Gasteiger partial charge in [0.15, 0.2) is 5.71 Å². The van der Waals surface area contributed by atoms with Gasteiger partial charge in [0.1, 0.15) is 5.75 Å². The summed E-state index contributed by atoms with van der Waals surface area (Å²) in [6.07, 6.45) is 0. The SMILES string of the molecule is N=C(C(=O)O)c1ccccc1O. The number of aromatic hydroxyl groups is 1. The molecule has 0 spiro atoms. The van der Waals surface area contributed by atoms with E-state index in [-0.39, 0.29) is 11.3 Å². The Kier molecular flexibility index (Phi) is 2.09. The molecule has 62 valence electrons. The molecule has 0 bridgehead atoms. The van der Waals surface area contributed by atoms with Crippen LogP contribution in [0.4, 0.5) is 0 Å². The number of carboxylic acids is 1. The van der Waals surface area contributed by atoms with E-state index >= 15 is 0 Å². The maximum Gasteiger partial charge on any atom is 0.354 e. The summed E-state index contributed by atoms with van der Waals surface area (Å²) in [5, 5.41) is 24.6. The quantitative estimate of drug-likeness (QED) is 0.568. The summed E-state index contributed by atoms with van der Waals surface area (Å²) in [4.78, 5) is 10.3. The van der Waals surface area contributed by atoms with E-state index in [1.54, 1.807) is 12.1 Å². The second-order valence-electron chi connectivity index (χ2n) is 2.20. The van der Waals surface area contributed by atoms with Crippen molar-refractivity contribution in [2.75, 3.05) is 0 Å². The van der Waals surface area contributed by atoms with Crippen LogP contribution in [0.1, 0.15) is 5.56 Å². The first kappa shape index (κ1) is 8.26. The standard InChI is InChI=1S/C8H7NO3/c9-7(8(11)12)5-3-1-2-4-6(5)10/h1-4,9-10H,(H,11,12). The number of hydrogen-bond donors (Lipinski definition) is 3. The molecule has 0 heterocycles. The number of phenols is 1. The monoisotopic (exact) mass is 165 g/mol. The molecule has 0 aliphatic heterocycles. The van der Waals surface area contributed by atoms with Gasteiger partial charge in [0.05, 0.1) is 0 Å². The van der Waals surface area contributed by atoms with E-state index in [4.69, 9.17) is 15.6 Å². The average Bonchev–Trinajstić information content (AvgIpc) is 2.04. The zero-order chi connectivity index (χ0) is 9.14. The molecule has 0 aliphatic carbocycles. The van der Waals surface area contributed by atoms with E-state index in [1.807, 2.05) is 0 Å². The summed E-state index contributed by atoms with van der Waals surface area (Å²) in [5.74, 6) is -1.54. The minimum atomic E-state index is -1.35. The van der Waals surface area contributed by atoms with Crippen LogP contribution in [0.2, 0.25) is 0 Å². The van der Waals surface area contributed by atoms with Crippen LogP contribution in [0.3, 0.4) is 0 Å². The first-order chi connectivity index (χ1) is 5.63. The van der Waals surface area contributed by atoms with Crippen molar-refractivity contribution in [3.8, 4) is 5.75 Å². The van der Waals surface area contributed by atoms with E-state index in [2.05, 4.69) is 0 Å². The Labute approximate surface area is 68.6 Å². The molecule has 0 amide bonds. The summed E-state index contributed by atoms with van der Waals surface area (Å²) < 4.78 is 0. The third kappa shape index (κ3) is 1.42. The number of aliphatic carboxylic acids is 1. The molecule has 1 rings (SSSR count). The molecule has 12 heavy (non-hydrogen) atoms. The molecule has 0 saturated heterocycles. The molecular weight excluding hydrogens is 158 g/mol. The fourth-order valence-electron chi connectivity index (χ4n) is 0.800. The Hall–Kier alpha value is -1.84. The summed E-state index contributed by atoms with van der Waals surface area (Å²) in [7, 11) is 0. The van der Waals surface area contributed by atoms with Crippen molar-refractivity contribution in [2.24, 2.45) is 0 Å². The molecule has 4 nitrogen and oxygen atoms in total. The Morgan fingerprint density at radius 3 is 2.42 bits per heavy atom. The average molecular weight is 165 g/mol. The third-order valence-electron chi connectivity index (χ3n) is 1.39. The predicted molar refractivity (Wildman–Crippen MR) is 42.6 cm³/mol. The molecule has 0 saturated carbocycles. The minimum Gasteiger partial charge on any atom is -0.507 e. The summed E-state index contributed by atoms with van der Waals surface area (Å²) >= 11 is 0. The fourth-order valence-corrected chi connectivity index (χ4v) is 0.800. The molecular formula is C8H7NO3. The number of carboxylic acid groups (broad SMARTS) is 1. The lowest BCUT2D eigenvalue weighted by Crippen LogP contribution is -2.12. The first-order valence-electron chi connectivity index (χ1n) is 3.23. The van der Waals surface area contributed by atoms with Crippen molar-refractivity contribution in [3.05, 3.63) is 29.8 Å². The van der Waals surface area contributed by atoms with Crippen LogP contribution < -0.4 is 0 Å². The van der Waals surface area contributed by atoms with Crippen LogP contribution in [-0.2, 0) is 4.79 Å². The highest BCUT2D eigenvalue weighted by Crippen LogP contribution is 2.15. The molecule has 3 N–H and O–H groups in total. The molecule has 0 aliphatic rings. The molecule has 0 atom stereocenters. The number of benzene rings is 1. The zero-order valence-electron chi connectivity index (χ0n) is 6.11. The predicted octanol–water partition coefficient (Wildman–Crippen LogP) is 0.845. The maximum atomic E-state index is 10.3. The van der Waals surface area contributed by atoms with E-state index in [9.17, 15) is 4.79 Å². The molecule has 1 aromatic rings. The second kappa shape index (κ2) is 3.04. The van der Waals surface area contributed by atoms with Crippen LogP contribution in [0.15, 0.2) is 24.3 Å².